The lowest BCUT2D eigenvalue weighted by Crippen LogP contribution is -2.55. The zero-order chi connectivity index (χ0) is 13.5. The largest absolute Gasteiger partial charge is 0.353 e. The number of thiol groups is 1. The third-order valence-electron chi connectivity index (χ3n) is 5.53. The van der Waals surface area contributed by atoms with E-state index in [9.17, 15) is 4.79 Å². The lowest BCUT2D eigenvalue weighted by atomic mass is 9.82. The molecular weight excluding hydrogens is 256 g/mol. The highest BCUT2D eigenvalue weighted by Gasteiger charge is 2.43. The van der Waals surface area contributed by atoms with Crippen LogP contribution in [-0.4, -0.2) is 41.7 Å². The van der Waals surface area contributed by atoms with Crippen LogP contribution in [-0.2, 0) is 4.79 Å². The first-order chi connectivity index (χ1) is 9.12. The minimum atomic E-state index is 0.245. The maximum Gasteiger partial charge on any atom is 0.220 e. The van der Waals surface area contributed by atoms with E-state index in [0.717, 1.165) is 18.6 Å². The number of hydrogen-bond donors (Lipinski definition) is 2. The molecule has 3 nitrogen and oxygen atoms in total. The summed E-state index contributed by atoms with van der Waals surface area (Å²) >= 11 is 4.38. The minimum Gasteiger partial charge on any atom is -0.353 e. The molecule has 3 fully saturated rings. The highest BCUT2D eigenvalue weighted by molar-refractivity contribution is 7.80. The second-order valence-electron chi connectivity index (χ2n) is 6.97. The summed E-state index contributed by atoms with van der Waals surface area (Å²) in [7, 11) is 2.26. The number of nitrogens with one attached hydrogen (secondary N) is 1. The summed E-state index contributed by atoms with van der Waals surface area (Å²) in [5.74, 6) is 1.12. The van der Waals surface area contributed by atoms with Crippen molar-refractivity contribution in [2.24, 2.45) is 5.41 Å². The van der Waals surface area contributed by atoms with Crippen LogP contribution in [0.4, 0.5) is 0 Å². The molecule has 3 rings (SSSR count). The Morgan fingerprint density at radius 1 is 1.32 bits per heavy atom. The van der Waals surface area contributed by atoms with E-state index in [0.29, 0.717) is 24.5 Å². The molecule has 1 N–H and O–H groups in total. The third kappa shape index (κ3) is 2.94. The van der Waals surface area contributed by atoms with Crippen molar-refractivity contribution in [1.82, 2.24) is 10.2 Å². The van der Waals surface area contributed by atoms with E-state index >= 15 is 0 Å². The van der Waals surface area contributed by atoms with Gasteiger partial charge < -0.3 is 10.2 Å². The summed E-state index contributed by atoms with van der Waals surface area (Å²) in [4.78, 5) is 14.7. The van der Waals surface area contributed by atoms with Gasteiger partial charge in [-0.3, -0.25) is 4.79 Å². The molecule has 1 amide bonds. The van der Waals surface area contributed by atoms with Crippen molar-refractivity contribution >= 4 is 18.5 Å². The number of carbonyl (C=O) groups excluding carboxylic acids is 1. The predicted octanol–water partition coefficient (Wildman–Crippen LogP) is 2.22. The standard InChI is InChI=1S/C15H26N2OS/c1-17-12-3-2-4-13(17)8-11(7-12)16-14(18)9-15(10-19)5-6-15/h11-13,19H,2-10H2,1H3,(H,16,18). The van der Waals surface area contributed by atoms with Crippen molar-refractivity contribution in [2.45, 2.75) is 69.5 Å². The predicted molar refractivity (Wildman–Crippen MR) is 80.5 cm³/mol. The fourth-order valence-corrected chi connectivity index (χ4v) is 4.35. The second-order valence-corrected chi connectivity index (χ2v) is 7.29. The number of rotatable bonds is 4. The van der Waals surface area contributed by atoms with Crippen molar-refractivity contribution in [2.75, 3.05) is 12.8 Å². The van der Waals surface area contributed by atoms with Crippen LogP contribution in [0.1, 0.15) is 51.4 Å². The van der Waals surface area contributed by atoms with Crippen LogP contribution < -0.4 is 5.32 Å². The van der Waals surface area contributed by atoms with Gasteiger partial charge in [-0.05, 0) is 56.7 Å². The number of hydrogen-bond acceptors (Lipinski definition) is 3. The van der Waals surface area contributed by atoms with Crippen LogP contribution in [0.5, 0.6) is 0 Å². The molecule has 1 aliphatic carbocycles. The van der Waals surface area contributed by atoms with Crippen molar-refractivity contribution in [3.8, 4) is 0 Å². The zero-order valence-electron chi connectivity index (χ0n) is 11.9. The molecule has 2 atom stereocenters. The molecule has 19 heavy (non-hydrogen) atoms. The molecule has 2 aliphatic heterocycles. The summed E-state index contributed by atoms with van der Waals surface area (Å²) in [6.45, 7) is 0. The molecule has 0 radical (unpaired) electrons. The van der Waals surface area contributed by atoms with E-state index in [1.165, 1.54) is 32.1 Å². The van der Waals surface area contributed by atoms with Crippen molar-refractivity contribution in [3.05, 3.63) is 0 Å². The highest BCUT2D eigenvalue weighted by Crippen LogP contribution is 2.49. The molecule has 2 saturated heterocycles. The Kier molecular flexibility index (Phi) is 3.82. The van der Waals surface area contributed by atoms with E-state index in [1.54, 1.807) is 0 Å². The van der Waals surface area contributed by atoms with Crippen LogP contribution in [0, 0.1) is 5.41 Å². The van der Waals surface area contributed by atoms with Gasteiger partial charge >= 0.3 is 0 Å². The van der Waals surface area contributed by atoms with Gasteiger partial charge in [0.25, 0.3) is 0 Å². The van der Waals surface area contributed by atoms with Gasteiger partial charge in [0.05, 0.1) is 0 Å². The molecule has 2 bridgehead atoms. The van der Waals surface area contributed by atoms with Gasteiger partial charge in [-0.25, -0.2) is 0 Å². The first-order valence-electron chi connectivity index (χ1n) is 7.74. The maximum atomic E-state index is 12.2. The normalized spacial score (nSPS) is 36.8. The molecular formula is C15H26N2OS. The number of piperidine rings is 2. The Morgan fingerprint density at radius 2 is 1.95 bits per heavy atom. The number of carbonyl (C=O) groups is 1. The van der Waals surface area contributed by atoms with Gasteiger partial charge in [-0.15, -0.1) is 0 Å². The molecule has 0 aromatic rings. The van der Waals surface area contributed by atoms with Crippen LogP contribution >= 0.6 is 12.6 Å². The summed E-state index contributed by atoms with van der Waals surface area (Å²) in [5.41, 5.74) is 0.245. The quantitative estimate of drug-likeness (QED) is 0.775. The fourth-order valence-electron chi connectivity index (χ4n) is 3.92. The van der Waals surface area contributed by atoms with Gasteiger partial charge in [-0.2, -0.15) is 12.6 Å². The third-order valence-corrected chi connectivity index (χ3v) is 6.20. The van der Waals surface area contributed by atoms with E-state index < -0.39 is 0 Å². The maximum absolute atomic E-state index is 12.2. The molecule has 0 aromatic carbocycles. The van der Waals surface area contributed by atoms with Gasteiger partial charge in [0.2, 0.25) is 5.91 Å². The van der Waals surface area contributed by atoms with Gasteiger partial charge in [0.1, 0.15) is 0 Å². The van der Waals surface area contributed by atoms with Gasteiger partial charge in [0.15, 0.2) is 0 Å². The Morgan fingerprint density at radius 3 is 2.47 bits per heavy atom. The molecule has 2 unspecified atom stereocenters. The zero-order valence-corrected chi connectivity index (χ0v) is 12.8. The Balaban J connectivity index is 1.52. The molecule has 3 aliphatic rings. The SMILES string of the molecule is CN1C2CCCC1CC(NC(=O)CC1(CS)CC1)C2. The first kappa shape index (κ1) is 13.7. The summed E-state index contributed by atoms with van der Waals surface area (Å²) in [6, 6.07) is 1.80. The minimum absolute atomic E-state index is 0.245. The average molecular weight is 282 g/mol. The monoisotopic (exact) mass is 282 g/mol. The highest BCUT2D eigenvalue weighted by atomic mass is 32.1. The first-order valence-corrected chi connectivity index (χ1v) is 8.37. The topological polar surface area (TPSA) is 32.3 Å². The Hall–Kier alpha value is -0.220. The number of amides is 1. The molecule has 4 heteroatoms. The van der Waals surface area contributed by atoms with Crippen LogP contribution in [0.3, 0.4) is 0 Å². The summed E-state index contributed by atoms with van der Waals surface area (Å²) < 4.78 is 0. The number of fused-ring (bicyclic) bond motifs is 2. The molecule has 0 aromatic heterocycles. The Labute approximate surface area is 121 Å². The Bertz CT molecular complexity index is 342. The lowest BCUT2D eigenvalue weighted by molar-refractivity contribution is -0.123. The van der Waals surface area contributed by atoms with Crippen molar-refractivity contribution in [1.29, 1.82) is 0 Å². The van der Waals surface area contributed by atoms with Crippen LogP contribution in [0.15, 0.2) is 0 Å². The van der Waals surface area contributed by atoms with Crippen LogP contribution in [0.2, 0.25) is 0 Å². The van der Waals surface area contributed by atoms with Crippen LogP contribution in [0.25, 0.3) is 0 Å². The molecule has 0 spiro atoms. The van der Waals surface area contributed by atoms with E-state index in [1.807, 2.05) is 0 Å². The second kappa shape index (κ2) is 5.28. The average Bonchev–Trinajstić information content (AvgIpc) is 3.11. The van der Waals surface area contributed by atoms with Crippen molar-refractivity contribution < 1.29 is 4.79 Å². The van der Waals surface area contributed by atoms with E-state index in [2.05, 4.69) is 29.9 Å². The smallest absolute Gasteiger partial charge is 0.220 e. The molecule has 2 heterocycles. The lowest BCUT2D eigenvalue weighted by Gasteiger charge is -2.47. The molecule has 1 saturated carbocycles. The van der Waals surface area contributed by atoms with E-state index in [4.69, 9.17) is 0 Å². The van der Waals surface area contributed by atoms with E-state index in [-0.39, 0.29) is 11.3 Å². The van der Waals surface area contributed by atoms with Gasteiger partial charge in [0, 0.05) is 24.5 Å². The number of nitrogens with zero attached hydrogens (tertiary/aromatic N) is 1. The fraction of sp³-hybridized carbons (Fsp3) is 0.933. The van der Waals surface area contributed by atoms with Gasteiger partial charge in [-0.1, -0.05) is 6.42 Å². The van der Waals surface area contributed by atoms with Crippen molar-refractivity contribution in [3.63, 3.8) is 0 Å². The molecule has 108 valence electrons. The summed E-state index contributed by atoms with van der Waals surface area (Å²) in [5, 5.41) is 3.30. The summed E-state index contributed by atoms with van der Waals surface area (Å²) in [6.07, 6.45) is 9.32.